The minimum atomic E-state index is -3.64. The molecule has 0 spiro atoms. The van der Waals surface area contributed by atoms with E-state index in [0.717, 1.165) is 9.87 Å². The highest BCUT2D eigenvalue weighted by molar-refractivity contribution is 8.11. The van der Waals surface area contributed by atoms with Gasteiger partial charge in [0.1, 0.15) is 0 Å². The monoisotopic (exact) mass is 253 g/mol. The van der Waals surface area contributed by atoms with Gasteiger partial charge in [-0.2, -0.15) is 12.7 Å². The third-order valence-corrected chi connectivity index (χ3v) is 3.52. The molecule has 0 aliphatic rings. The standard InChI is InChI=1S/C8H9Cl2NO2S/c1-11(14(10,12)13)6-7-2-4-8(9)5-3-7/h2-5H,6H2,1H3. The Morgan fingerprint density at radius 2 is 1.79 bits per heavy atom. The molecule has 0 N–H and O–H groups in total. The van der Waals surface area contributed by atoms with E-state index in [9.17, 15) is 8.42 Å². The molecule has 0 saturated heterocycles. The van der Waals surface area contributed by atoms with Gasteiger partial charge in [-0.1, -0.05) is 23.7 Å². The van der Waals surface area contributed by atoms with Gasteiger partial charge in [-0.05, 0) is 17.7 Å². The summed E-state index contributed by atoms with van der Waals surface area (Å²) in [6, 6.07) is 6.90. The summed E-state index contributed by atoms with van der Waals surface area (Å²) in [5, 5.41) is 0.616. The summed E-state index contributed by atoms with van der Waals surface area (Å²) in [5.74, 6) is 0. The molecule has 0 aliphatic carbocycles. The molecule has 0 radical (unpaired) electrons. The van der Waals surface area contributed by atoms with E-state index in [1.807, 2.05) is 0 Å². The van der Waals surface area contributed by atoms with Crippen molar-refractivity contribution in [2.24, 2.45) is 0 Å². The van der Waals surface area contributed by atoms with Crippen LogP contribution < -0.4 is 0 Å². The quantitative estimate of drug-likeness (QED) is 0.776. The third kappa shape index (κ3) is 3.46. The van der Waals surface area contributed by atoms with E-state index in [2.05, 4.69) is 0 Å². The number of nitrogens with zero attached hydrogens (tertiary/aromatic N) is 1. The van der Waals surface area contributed by atoms with Gasteiger partial charge in [0.15, 0.2) is 0 Å². The maximum atomic E-state index is 10.9. The van der Waals surface area contributed by atoms with Crippen LogP contribution in [-0.2, 0) is 15.8 Å². The minimum absolute atomic E-state index is 0.239. The van der Waals surface area contributed by atoms with Crippen molar-refractivity contribution >= 4 is 31.5 Å². The molecule has 0 saturated carbocycles. The van der Waals surface area contributed by atoms with Crippen LogP contribution in [0.1, 0.15) is 5.56 Å². The number of rotatable bonds is 3. The first-order valence-corrected chi connectivity index (χ1v) is 6.44. The molecule has 1 rings (SSSR count). The second kappa shape index (κ2) is 4.49. The molecule has 14 heavy (non-hydrogen) atoms. The molecule has 0 aromatic heterocycles. The SMILES string of the molecule is CN(Cc1ccc(Cl)cc1)S(=O)(=O)Cl. The van der Waals surface area contributed by atoms with Gasteiger partial charge in [0.2, 0.25) is 0 Å². The molecule has 0 fully saturated rings. The predicted molar refractivity (Wildman–Crippen MR) is 57.7 cm³/mol. The second-order valence-corrected chi connectivity index (χ2v) is 5.88. The maximum absolute atomic E-state index is 10.9. The lowest BCUT2D eigenvalue weighted by molar-refractivity contribution is 0.480. The van der Waals surface area contributed by atoms with E-state index in [1.54, 1.807) is 24.3 Å². The lowest BCUT2D eigenvalue weighted by atomic mass is 10.2. The zero-order valence-corrected chi connectivity index (χ0v) is 9.77. The van der Waals surface area contributed by atoms with Crippen molar-refractivity contribution in [2.75, 3.05) is 7.05 Å². The van der Waals surface area contributed by atoms with E-state index in [4.69, 9.17) is 22.3 Å². The van der Waals surface area contributed by atoms with Crippen LogP contribution in [0.25, 0.3) is 0 Å². The summed E-state index contributed by atoms with van der Waals surface area (Å²) in [6.07, 6.45) is 0. The van der Waals surface area contributed by atoms with Crippen molar-refractivity contribution in [1.29, 1.82) is 0 Å². The van der Waals surface area contributed by atoms with Crippen LogP contribution >= 0.6 is 22.3 Å². The van der Waals surface area contributed by atoms with Crippen LogP contribution in [0.15, 0.2) is 24.3 Å². The zero-order valence-electron chi connectivity index (χ0n) is 7.44. The Balaban J connectivity index is 2.75. The zero-order chi connectivity index (χ0) is 10.8. The molecule has 1 aromatic carbocycles. The van der Waals surface area contributed by atoms with Crippen LogP contribution in [0.3, 0.4) is 0 Å². The van der Waals surface area contributed by atoms with E-state index in [1.165, 1.54) is 7.05 Å². The Morgan fingerprint density at radius 1 is 1.29 bits per heavy atom. The van der Waals surface area contributed by atoms with E-state index in [0.29, 0.717) is 5.02 Å². The number of benzene rings is 1. The fourth-order valence-corrected chi connectivity index (χ4v) is 1.50. The smallest absolute Gasteiger partial charge is 0.195 e. The summed E-state index contributed by atoms with van der Waals surface area (Å²) < 4.78 is 22.8. The second-order valence-electron chi connectivity index (χ2n) is 2.82. The van der Waals surface area contributed by atoms with Crippen LogP contribution in [0.4, 0.5) is 0 Å². The van der Waals surface area contributed by atoms with E-state index < -0.39 is 9.24 Å². The van der Waals surface area contributed by atoms with Crippen molar-refractivity contribution in [1.82, 2.24) is 4.31 Å². The molecule has 0 unspecified atom stereocenters. The average Bonchev–Trinajstić information content (AvgIpc) is 2.07. The van der Waals surface area contributed by atoms with Gasteiger partial charge in [0.05, 0.1) is 0 Å². The van der Waals surface area contributed by atoms with Crippen LogP contribution in [0.5, 0.6) is 0 Å². The first-order chi connectivity index (χ1) is 6.39. The number of halogens is 2. The molecule has 1 aromatic rings. The maximum Gasteiger partial charge on any atom is 0.299 e. The molecule has 3 nitrogen and oxygen atoms in total. The lowest BCUT2D eigenvalue weighted by Crippen LogP contribution is -2.21. The van der Waals surface area contributed by atoms with Gasteiger partial charge >= 0.3 is 0 Å². The normalized spacial score (nSPS) is 12.0. The Bertz CT molecular complexity index is 402. The molecule has 78 valence electrons. The summed E-state index contributed by atoms with van der Waals surface area (Å²) in [6.45, 7) is 0.239. The lowest BCUT2D eigenvalue weighted by Gasteiger charge is -2.11. The van der Waals surface area contributed by atoms with E-state index >= 15 is 0 Å². The van der Waals surface area contributed by atoms with Gasteiger partial charge in [-0.15, -0.1) is 0 Å². The first kappa shape index (κ1) is 11.8. The van der Waals surface area contributed by atoms with Gasteiger partial charge < -0.3 is 0 Å². The summed E-state index contributed by atoms with van der Waals surface area (Å²) in [7, 11) is 2.91. The summed E-state index contributed by atoms with van der Waals surface area (Å²) >= 11 is 5.68. The molecular formula is C8H9Cl2NO2S. The minimum Gasteiger partial charge on any atom is -0.195 e. The Labute approximate surface area is 92.8 Å². The summed E-state index contributed by atoms with van der Waals surface area (Å²) in [4.78, 5) is 0. The van der Waals surface area contributed by atoms with Gasteiger partial charge in [0.25, 0.3) is 9.24 Å². The van der Waals surface area contributed by atoms with Crippen molar-refractivity contribution in [3.05, 3.63) is 34.9 Å². The highest BCUT2D eigenvalue weighted by Crippen LogP contribution is 2.13. The highest BCUT2D eigenvalue weighted by atomic mass is 35.7. The predicted octanol–water partition coefficient (Wildman–Crippen LogP) is 2.26. The third-order valence-electron chi connectivity index (χ3n) is 1.69. The molecule has 0 heterocycles. The fourth-order valence-electron chi connectivity index (χ4n) is 0.924. The Morgan fingerprint density at radius 3 is 2.21 bits per heavy atom. The van der Waals surface area contributed by atoms with E-state index in [-0.39, 0.29) is 6.54 Å². The van der Waals surface area contributed by atoms with Gasteiger partial charge in [-0.3, -0.25) is 0 Å². The van der Waals surface area contributed by atoms with Crippen LogP contribution in [0, 0.1) is 0 Å². The molecular weight excluding hydrogens is 245 g/mol. The van der Waals surface area contributed by atoms with Crippen LogP contribution in [-0.4, -0.2) is 19.8 Å². The Kier molecular flexibility index (Phi) is 3.78. The largest absolute Gasteiger partial charge is 0.299 e. The molecule has 0 aliphatic heterocycles. The highest BCUT2D eigenvalue weighted by Gasteiger charge is 2.13. The number of hydrogen-bond acceptors (Lipinski definition) is 2. The van der Waals surface area contributed by atoms with Crippen molar-refractivity contribution in [3.8, 4) is 0 Å². The number of hydrogen-bond donors (Lipinski definition) is 0. The van der Waals surface area contributed by atoms with Crippen molar-refractivity contribution < 1.29 is 8.42 Å². The van der Waals surface area contributed by atoms with Crippen molar-refractivity contribution in [3.63, 3.8) is 0 Å². The van der Waals surface area contributed by atoms with Crippen molar-refractivity contribution in [2.45, 2.75) is 6.54 Å². The van der Waals surface area contributed by atoms with Crippen LogP contribution in [0.2, 0.25) is 5.02 Å². The van der Waals surface area contributed by atoms with Gasteiger partial charge in [-0.25, -0.2) is 0 Å². The fraction of sp³-hybridized carbons (Fsp3) is 0.250. The van der Waals surface area contributed by atoms with Gasteiger partial charge in [0, 0.05) is 29.3 Å². The molecule has 0 bridgehead atoms. The molecule has 6 heteroatoms. The first-order valence-electron chi connectivity index (χ1n) is 3.80. The summed E-state index contributed by atoms with van der Waals surface area (Å²) in [5.41, 5.74) is 0.834. The molecule has 0 amide bonds. The Hall–Kier alpha value is -0.290. The topological polar surface area (TPSA) is 37.4 Å². The average molecular weight is 254 g/mol. The molecule has 0 atom stereocenters.